The summed E-state index contributed by atoms with van der Waals surface area (Å²) in [4.78, 5) is 4.64. The Bertz CT molecular complexity index is 942. The number of ether oxygens (including phenoxy) is 1. The third-order valence-corrected chi connectivity index (χ3v) is 4.63. The molecule has 3 nitrogen and oxygen atoms in total. The van der Waals surface area contributed by atoms with Crippen molar-refractivity contribution in [2.45, 2.75) is 53.2 Å². The Balaban J connectivity index is 1.66. The van der Waals surface area contributed by atoms with Crippen LogP contribution in [0.3, 0.4) is 0 Å². The maximum Gasteiger partial charge on any atom is 0.139 e. The van der Waals surface area contributed by atoms with Gasteiger partial charge in [-0.15, -0.1) is 5.92 Å². The van der Waals surface area contributed by atoms with Crippen molar-refractivity contribution in [3.05, 3.63) is 59.9 Å². The molecule has 140 valence electrons. The van der Waals surface area contributed by atoms with E-state index in [4.69, 9.17) is 4.74 Å². The normalized spacial score (nSPS) is 12.0. The van der Waals surface area contributed by atoms with Gasteiger partial charge in [0.05, 0.1) is 0 Å². The van der Waals surface area contributed by atoms with Crippen molar-refractivity contribution in [3.63, 3.8) is 0 Å². The molecule has 0 fully saturated rings. The molecule has 0 N–H and O–H groups in total. The van der Waals surface area contributed by atoms with Gasteiger partial charge in [0.25, 0.3) is 0 Å². The minimum absolute atomic E-state index is 0.297. The second kappa shape index (κ2) is 8.77. The molecule has 3 aromatic rings. The van der Waals surface area contributed by atoms with Gasteiger partial charge in [0.1, 0.15) is 18.0 Å². The van der Waals surface area contributed by atoms with Gasteiger partial charge in [-0.1, -0.05) is 38.8 Å². The smallest absolute Gasteiger partial charge is 0.139 e. The Labute approximate surface area is 162 Å². The molecular formula is C24H28N2O. The summed E-state index contributed by atoms with van der Waals surface area (Å²) >= 11 is 0. The summed E-state index contributed by atoms with van der Waals surface area (Å²) in [7, 11) is 0. The molecule has 0 aliphatic rings. The third-order valence-electron chi connectivity index (χ3n) is 4.63. The predicted molar refractivity (Wildman–Crippen MR) is 112 cm³/mol. The minimum Gasteiger partial charge on any atom is -0.489 e. The van der Waals surface area contributed by atoms with E-state index in [2.05, 4.69) is 72.6 Å². The highest BCUT2D eigenvalue weighted by molar-refractivity contribution is 5.76. The second-order valence-corrected chi connectivity index (χ2v) is 7.33. The highest BCUT2D eigenvalue weighted by atomic mass is 16.5. The maximum atomic E-state index is 5.96. The number of nitrogens with zero attached hydrogens (tertiary/aromatic N) is 2. The highest BCUT2D eigenvalue weighted by Crippen LogP contribution is 2.23. The molecular weight excluding hydrogens is 332 g/mol. The van der Waals surface area contributed by atoms with E-state index in [-0.39, 0.29) is 0 Å². The zero-order valence-corrected chi connectivity index (χ0v) is 16.7. The van der Waals surface area contributed by atoms with E-state index in [1.54, 1.807) is 0 Å². The molecule has 0 unspecified atom stereocenters. The van der Waals surface area contributed by atoms with Crippen molar-refractivity contribution < 1.29 is 4.74 Å². The molecule has 0 amide bonds. The fraction of sp³-hybridized carbons (Fsp3) is 0.375. The Morgan fingerprint density at radius 1 is 1.15 bits per heavy atom. The lowest BCUT2D eigenvalue weighted by Crippen LogP contribution is -2.04. The number of aromatic nitrogens is 2. The first-order valence-electron chi connectivity index (χ1n) is 9.69. The number of fused-ring (bicyclic) bond motifs is 1. The van der Waals surface area contributed by atoms with Crippen LogP contribution in [0.2, 0.25) is 0 Å². The van der Waals surface area contributed by atoms with Gasteiger partial charge in [-0.25, -0.2) is 4.98 Å². The van der Waals surface area contributed by atoms with Crippen LogP contribution in [0.25, 0.3) is 11.0 Å². The zero-order chi connectivity index (χ0) is 19.2. The molecule has 3 rings (SSSR count). The summed E-state index contributed by atoms with van der Waals surface area (Å²) < 4.78 is 8.17. The number of hydrogen-bond donors (Lipinski definition) is 0. The molecule has 0 aliphatic heterocycles. The zero-order valence-electron chi connectivity index (χ0n) is 16.7. The van der Waals surface area contributed by atoms with Gasteiger partial charge in [-0.3, -0.25) is 0 Å². The van der Waals surface area contributed by atoms with Crippen molar-refractivity contribution >= 4 is 11.0 Å². The summed E-state index contributed by atoms with van der Waals surface area (Å²) in [6, 6.07) is 12.6. The van der Waals surface area contributed by atoms with Gasteiger partial charge in [0, 0.05) is 35.8 Å². The summed E-state index contributed by atoms with van der Waals surface area (Å²) in [5.41, 5.74) is 3.37. The van der Waals surface area contributed by atoms with Crippen LogP contribution in [0.5, 0.6) is 5.75 Å². The molecule has 0 aliphatic carbocycles. The highest BCUT2D eigenvalue weighted by Gasteiger charge is 2.08. The van der Waals surface area contributed by atoms with Crippen molar-refractivity contribution in [2.75, 3.05) is 0 Å². The van der Waals surface area contributed by atoms with E-state index in [0.717, 1.165) is 35.3 Å². The van der Waals surface area contributed by atoms with Gasteiger partial charge in [0.15, 0.2) is 0 Å². The average molecular weight is 361 g/mol. The van der Waals surface area contributed by atoms with E-state index in [1.807, 2.05) is 25.3 Å². The van der Waals surface area contributed by atoms with Gasteiger partial charge < -0.3 is 9.30 Å². The van der Waals surface area contributed by atoms with Crippen LogP contribution in [0.4, 0.5) is 0 Å². The van der Waals surface area contributed by atoms with Gasteiger partial charge in [-0.05, 0) is 49.1 Å². The van der Waals surface area contributed by atoms with Crippen LogP contribution in [-0.4, -0.2) is 9.55 Å². The maximum absolute atomic E-state index is 5.96. The van der Waals surface area contributed by atoms with Crippen LogP contribution in [-0.2, 0) is 13.2 Å². The lowest BCUT2D eigenvalue weighted by Gasteiger charge is -2.11. The fourth-order valence-electron chi connectivity index (χ4n) is 3.30. The lowest BCUT2D eigenvalue weighted by molar-refractivity contribution is 0.306. The van der Waals surface area contributed by atoms with Crippen LogP contribution < -0.4 is 4.74 Å². The van der Waals surface area contributed by atoms with Gasteiger partial charge in [0.2, 0.25) is 0 Å². The van der Waals surface area contributed by atoms with E-state index < -0.39 is 0 Å². The Kier molecular flexibility index (Phi) is 6.19. The Hall–Kier alpha value is -2.73. The van der Waals surface area contributed by atoms with Crippen molar-refractivity contribution in [1.29, 1.82) is 0 Å². The van der Waals surface area contributed by atoms with E-state index in [9.17, 15) is 0 Å². The summed E-state index contributed by atoms with van der Waals surface area (Å²) in [5, 5.41) is 1.16. The summed E-state index contributed by atoms with van der Waals surface area (Å²) in [5.74, 6) is 8.04. The molecule has 1 aromatic carbocycles. The van der Waals surface area contributed by atoms with Crippen molar-refractivity contribution in [2.24, 2.45) is 5.92 Å². The first-order valence-corrected chi connectivity index (χ1v) is 9.69. The molecule has 27 heavy (non-hydrogen) atoms. The standard InChI is InChI=1S/C24H28N2O/c1-5-7-20(6-2)21-8-10-23(11-9-21)27-17-19-14-22-12-13-26(16-18(3)4)24(22)25-15-19/h8-15,18,20H,6,16-17H2,1-4H3/t20-/m1/s1. The van der Waals surface area contributed by atoms with Crippen molar-refractivity contribution in [1.82, 2.24) is 9.55 Å². The van der Waals surface area contributed by atoms with Crippen LogP contribution in [0, 0.1) is 17.8 Å². The Morgan fingerprint density at radius 3 is 2.59 bits per heavy atom. The number of pyridine rings is 1. The molecule has 2 aromatic heterocycles. The summed E-state index contributed by atoms with van der Waals surface area (Å²) in [6.07, 6.45) is 5.05. The molecule has 0 radical (unpaired) electrons. The van der Waals surface area contributed by atoms with Crippen molar-refractivity contribution in [3.8, 4) is 17.6 Å². The topological polar surface area (TPSA) is 27.1 Å². The summed E-state index contributed by atoms with van der Waals surface area (Å²) in [6.45, 7) is 10.00. The quantitative estimate of drug-likeness (QED) is 0.499. The molecule has 0 bridgehead atoms. The molecule has 0 spiro atoms. The van der Waals surface area contributed by atoms with E-state index in [1.165, 1.54) is 5.56 Å². The first-order chi connectivity index (χ1) is 13.1. The minimum atomic E-state index is 0.297. The average Bonchev–Trinajstić information content (AvgIpc) is 3.06. The third kappa shape index (κ3) is 4.71. The van der Waals surface area contributed by atoms with Crippen LogP contribution in [0.15, 0.2) is 48.8 Å². The number of benzene rings is 1. The monoisotopic (exact) mass is 360 g/mol. The SMILES string of the molecule is CC#C[C@@H](CC)c1ccc(OCc2cnc3c(ccn3CC(C)C)c2)cc1. The number of rotatable bonds is 7. The second-order valence-electron chi connectivity index (χ2n) is 7.33. The molecule has 1 atom stereocenters. The molecule has 3 heteroatoms. The van der Waals surface area contributed by atoms with Gasteiger partial charge in [-0.2, -0.15) is 0 Å². The van der Waals surface area contributed by atoms with E-state index >= 15 is 0 Å². The molecule has 2 heterocycles. The van der Waals surface area contributed by atoms with Crippen LogP contribution in [0.1, 0.15) is 51.2 Å². The van der Waals surface area contributed by atoms with E-state index in [0.29, 0.717) is 18.4 Å². The predicted octanol–water partition coefficient (Wildman–Crippen LogP) is 5.79. The van der Waals surface area contributed by atoms with Crippen LogP contribution >= 0.6 is 0 Å². The number of hydrogen-bond acceptors (Lipinski definition) is 2. The first kappa shape index (κ1) is 19.0. The van der Waals surface area contributed by atoms with Gasteiger partial charge >= 0.3 is 0 Å². The lowest BCUT2D eigenvalue weighted by atomic mass is 9.97. The molecule has 0 saturated heterocycles. The Morgan fingerprint density at radius 2 is 1.93 bits per heavy atom. The molecule has 0 saturated carbocycles. The fourth-order valence-corrected chi connectivity index (χ4v) is 3.30. The largest absolute Gasteiger partial charge is 0.489 e.